The number of hydrogen-bond donors (Lipinski definition) is 2. The second kappa shape index (κ2) is 9.16. The minimum absolute atomic E-state index is 0. The van der Waals surface area contributed by atoms with Gasteiger partial charge < -0.3 is 15.3 Å². The first-order valence-corrected chi connectivity index (χ1v) is 9.25. The van der Waals surface area contributed by atoms with E-state index in [0.717, 1.165) is 20.5 Å². The molecule has 27 heavy (non-hydrogen) atoms. The van der Waals surface area contributed by atoms with Gasteiger partial charge in [-0.2, -0.15) is 0 Å². The van der Waals surface area contributed by atoms with Gasteiger partial charge in [0.1, 0.15) is 6.54 Å². The molecule has 2 N–H and O–H groups in total. The first-order chi connectivity index (χ1) is 12.5. The first-order valence-electron chi connectivity index (χ1n) is 8.44. The summed E-state index contributed by atoms with van der Waals surface area (Å²) in [6.45, 7) is 4.05. The molecule has 2 heterocycles. The average Bonchev–Trinajstić information content (AvgIpc) is 2.97. The molecule has 1 aliphatic rings. The Kier molecular flexibility index (Phi) is 7.18. The van der Waals surface area contributed by atoms with Crippen LogP contribution < -0.4 is 5.32 Å². The van der Waals surface area contributed by atoms with Gasteiger partial charge in [-0.05, 0) is 23.9 Å². The van der Waals surface area contributed by atoms with E-state index in [4.69, 9.17) is 5.11 Å². The van der Waals surface area contributed by atoms with Gasteiger partial charge in [-0.15, -0.1) is 23.7 Å². The summed E-state index contributed by atoms with van der Waals surface area (Å²) in [4.78, 5) is 39.6. The lowest BCUT2D eigenvalue weighted by atomic mass is 10.1. The summed E-state index contributed by atoms with van der Waals surface area (Å²) in [6.07, 6.45) is 0. The van der Waals surface area contributed by atoms with E-state index < -0.39 is 5.97 Å². The molecule has 1 fully saturated rings. The van der Waals surface area contributed by atoms with E-state index in [0.29, 0.717) is 26.2 Å². The molecule has 0 aliphatic carbocycles. The lowest BCUT2D eigenvalue weighted by Gasteiger charge is -2.34. The Hall–Kier alpha value is -2.16. The number of benzene rings is 1. The fraction of sp³-hybridized carbons (Fsp3) is 0.389. The normalized spacial score (nSPS) is 14.6. The van der Waals surface area contributed by atoms with E-state index in [2.05, 4.69) is 5.32 Å². The zero-order valence-electron chi connectivity index (χ0n) is 14.9. The Bertz CT molecular complexity index is 846. The standard InChI is InChI=1S/C18H21N3O4S.ClH/c1-12-13-4-2-3-5-14(13)26-17(12)18(25)21-8-6-20(7-9-21)11-15(22)19-10-16(23)24;/h2-5H,6-11H2,1H3,(H,19,22)(H,23,24);1H. The molecule has 9 heteroatoms. The lowest BCUT2D eigenvalue weighted by Crippen LogP contribution is -2.51. The van der Waals surface area contributed by atoms with E-state index in [-0.39, 0.29) is 37.3 Å². The largest absolute Gasteiger partial charge is 0.480 e. The van der Waals surface area contributed by atoms with E-state index in [1.807, 2.05) is 41.0 Å². The third kappa shape index (κ3) is 4.97. The number of amides is 2. The van der Waals surface area contributed by atoms with Crippen molar-refractivity contribution in [2.75, 3.05) is 39.3 Å². The van der Waals surface area contributed by atoms with Crippen molar-refractivity contribution < 1.29 is 19.5 Å². The van der Waals surface area contributed by atoms with Crippen LogP contribution in [0.25, 0.3) is 10.1 Å². The minimum atomic E-state index is -1.06. The fourth-order valence-electron chi connectivity index (χ4n) is 3.06. The molecule has 0 unspecified atom stereocenters. The van der Waals surface area contributed by atoms with Gasteiger partial charge in [0.05, 0.1) is 11.4 Å². The Morgan fingerprint density at radius 2 is 1.81 bits per heavy atom. The van der Waals surface area contributed by atoms with E-state index in [9.17, 15) is 14.4 Å². The second-order valence-electron chi connectivity index (χ2n) is 6.29. The minimum Gasteiger partial charge on any atom is -0.480 e. The van der Waals surface area contributed by atoms with Crippen LogP contribution in [0.15, 0.2) is 24.3 Å². The molecule has 1 aliphatic heterocycles. The van der Waals surface area contributed by atoms with Crippen LogP contribution in [-0.4, -0.2) is 72.0 Å². The molecular weight excluding hydrogens is 390 g/mol. The number of carbonyl (C=O) groups excluding carboxylic acids is 2. The Labute approximate surface area is 167 Å². The van der Waals surface area contributed by atoms with Gasteiger partial charge in [0.25, 0.3) is 5.91 Å². The van der Waals surface area contributed by atoms with Crippen LogP contribution in [0.5, 0.6) is 0 Å². The first kappa shape index (κ1) is 21.1. The molecule has 0 saturated carbocycles. The summed E-state index contributed by atoms with van der Waals surface area (Å²) >= 11 is 1.52. The topological polar surface area (TPSA) is 90.0 Å². The van der Waals surface area contributed by atoms with E-state index in [1.165, 1.54) is 11.3 Å². The van der Waals surface area contributed by atoms with Crippen molar-refractivity contribution in [3.63, 3.8) is 0 Å². The summed E-state index contributed by atoms with van der Waals surface area (Å²) in [5, 5.41) is 12.0. The Morgan fingerprint density at radius 1 is 1.15 bits per heavy atom. The van der Waals surface area contributed by atoms with Crippen molar-refractivity contribution in [2.24, 2.45) is 0 Å². The van der Waals surface area contributed by atoms with Crippen LogP contribution in [0.3, 0.4) is 0 Å². The number of carboxylic acid groups (broad SMARTS) is 1. The SMILES string of the molecule is Cc1c(C(=O)N2CCN(CC(=O)NCC(=O)O)CC2)sc2ccccc12.Cl. The molecule has 0 atom stereocenters. The maximum absolute atomic E-state index is 12.9. The summed E-state index contributed by atoms with van der Waals surface area (Å²) < 4.78 is 1.11. The van der Waals surface area contributed by atoms with Crippen molar-refractivity contribution in [3.8, 4) is 0 Å². The summed E-state index contributed by atoms with van der Waals surface area (Å²) in [7, 11) is 0. The molecule has 1 aromatic heterocycles. The summed E-state index contributed by atoms with van der Waals surface area (Å²) in [6, 6.07) is 8.01. The summed E-state index contributed by atoms with van der Waals surface area (Å²) in [5.74, 6) is -1.33. The summed E-state index contributed by atoms with van der Waals surface area (Å²) in [5.41, 5.74) is 1.02. The van der Waals surface area contributed by atoms with Crippen molar-refractivity contribution in [2.45, 2.75) is 6.92 Å². The quantitative estimate of drug-likeness (QED) is 0.779. The molecule has 0 radical (unpaired) electrons. The van der Waals surface area contributed by atoms with Crippen LogP contribution in [0.4, 0.5) is 0 Å². The number of fused-ring (bicyclic) bond motifs is 1. The number of carbonyl (C=O) groups is 3. The van der Waals surface area contributed by atoms with E-state index >= 15 is 0 Å². The number of rotatable bonds is 5. The molecule has 0 bridgehead atoms. The van der Waals surface area contributed by atoms with Crippen molar-refractivity contribution in [1.29, 1.82) is 0 Å². The Morgan fingerprint density at radius 3 is 2.44 bits per heavy atom. The van der Waals surface area contributed by atoms with E-state index in [1.54, 1.807) is 0 Å². The highest BCUT2D eigenvalue weighted by atomic mass is 35.5. The highest BCUT2D eigenvalue weighted by molar-refractivity contribution is 7.21. The monoisotopic (exact) mass is 411 g/mol. The van der Waals surface area contributed by atoms with Gasteiger partial charge in [-0.1, -0.05) is 18.2 Å². The fourth-order valence-corrected chi connectivity index (χ4v) is 4.24. The molecule has 1 saturated heterocycles. The van der Waals surface area contributed by atoms with Crippen molar-refractivity contribution >= 4 is 51.6 Å². The third-order valence-electron chi connectivity index (χ3n) is 4.50. The number of hydrogen-bond acceptors (Lipinski definition) is 5. The van der Waals surface area contributed by atoms with Gasteiger partial charge in [-0.25, -0.2) is 0 Å². The molecule has 7 nitrogen and oxygen atoms in total. The average molecular weight is 412 g/mol. The van der Waals surface area contributed by atoms with Crippen LogP contribution in [0.2, 0.25) is 0 Å². The number of piperazine rings is 1. The zero-order chi connectivity index (χ0) is 18.7. The number of aliphatic carboxylic acids is 1. The van der Waals surface area contributed by atoms with Crippen molar-refractivity contribution in [1.82, 2.24) is 15.1 Å². The van der Waals surface area contributed by atoms with Gasteiger partial charge in [0.2, 0.25) is 5.91 Å². The zero-order valence-corrected chi connectivity index (χ0v) is 16.6. The number of thiophene rings is 1. The number of halogens is 1. The maximum Gasteiger partial charge on any atom is 0.322 e. The number of nitrogens with one attached hydrogen (secondary N) is 1. The molecule has 2 aromatic rings. The Balaban J connectivity index is 0.00000261. The number of aryl methyl sites for hydroxylation is 1. The third-order valence-corrected chi connectivity index (χ3v) is 5.76. The molecule has 2 amide bonds. The molecule has 3 rings (SSSR count). The maximum atomic E-state index is 12.9. The molecule has 146 valence electrons. The smallest absolute Gasteiger partial charge is 0.322 e. The van der Waals surface area contributed by atoms with Crippen LogP contribution >= 0.6 is 23.7 Å². The lowest BCUT2D eigenvalue weighted by molar-refractivity contribution is -0.138. The van der Waals surface area contributed by atoms with Crippen LogP contribution in [0.1, 0.15) is 15.2 Å². The predicted octanol–water partition coefficient (Wildman–Crippen LogP) is 1.59. The molecule has 0 spiro atoms. The van der Waals surface area contributed by atoms with Gasteiger partial charge >= 0.3 is 5.97 Å². The van der Waals surface area contributed by atoms with Crippen LogP contribution in [0, 0.1) is 6.92 Å². The number of carboxylic acids is 1. The molecule has 1 aromatic carbocycles. The molecular formula is C18H22ClN3O4S. The van der Waals surface area contributed by atoms with Crippen LogP contribution in [-0.2, 0) is 9.59 Å². The van der Waals surface area contributed by atoms with Gasteiger partial charge in [0, 0.05) is 30.9 Å². The highest BCUT2D eigenvalue weighted by Crippen LogP contribution is 2.31. The van der Waals surface area contributed by atoms with Gasteiger partial charge in [0.15, 0.2) is 0 Å². The van der Waals surface area contributed by atoms with Gasteiger partial charge in [-0.3, -0.25) is 19.3 Å². The number of nitrogens with zero attached hydrogens (tertiary/aromatic N) is 2. The van der Waals surface area contributed by atoms with Crippen molar-refractivity contribution in [3.05, 3.63) is 34.7 Å². The predicted molar refractivity (Wildman–Crippen MR) is 107 cm³/mol. The second-order valence-corrected chi connectivity index (χ2v) is 7.34. The highest BCUT2D eigenvalue weighted by Gasteiger charge is 2.26.